The molecular formula is C12H18N4O2S. The van der Waals surface area contributed by atoms with Gasteiger partial charge in [-0.1, -0.05) is 31.0 Å². The van der Waals surface area contributed by atoms with E-state index in [9.17, 15) is 9.90 Å². The van der Waals surface area contributed by atoms with Crippen molar-refractivity contribution in [2.24, 2.45) is 5.92 Å². The molecule has 19 heavy (non-hydrogen) atoms. The molecule has 1 aromatic heterocycles. The van der Waals surface area contributed by atoms with Crippen molar-refractivity contribution in [2.75, 3.05) is 11.5 Å². The minimum Gasteiger partial charge on any atom is -0.481 e. The predicted octanol–water partition coefficient (Wildman–Crippen LogP) is 1.77. The maximum absolute atomic E-state index is 11.3. The molecular weight excluding hydrogens is 264 g/mol. The monoisotopic (exact) mass is 282 g/mol. The molecule has 0 aromatic carbocycles. The SMILES string of the molecule is Nc1cc(N)nc(SC2CCCCCC2C(=O)O)n1. The molecule has 104 valence electrons. The van der Waals surface area contributed by atoms with Crippen LogP contribution in [0.25, 0.3) is 0 Å². The fourth-order valence-electron chi connectivity index (χ4n) is 2.35. The van der Waals surface area contributed by atoms with Gasteiger partial charge in [0.15, 0.2) is 5.16 Å². The van der Waals surface area contributed by atoms with E-state index < -0.39 is 5.97 Å². The molecule has 1 heterocycles. The highest BCUT2D eigenvalue weighted by Crippen LogP contribution is 2.35. The van der Waals surface area contributed by atoms with Gasteiger partial charge in [-0.25, -0.2) is 9.97 Å². The number of aliphatic carboxylic acids is 1. The van der Waals surface area contributed by atoms with Crippen molar-refractivity contribution >= 4 is 29.4 Å². The van der Waals surface area contributed by atoms with Crippen LogP contribution in [0.15, 0.2) is 11.2 Å². The van der Waals surface area contributed by atoms with Crippen LogP contribution in [0.5, 0.6) is 0 Å². The van der Waals surface area contributed by atoms with Gasteiger partial charge in [0.05, 0.1) is 5.92 Å². The van der Waals surface area contributed by atoms with Gasteiger partial charge >= 0.3 is 5.97 Å². The number of nitrogens with zero attached hydrogens (tertiary/aromatic N) is 2. The van der Waals surface area contributed by atoms with Crippen molar-refractivity contribution < 1.29 is 9.90 Å². The topological polar surface area (TPSA) is 115 Å². The zero-order valence-electron chi connectivity index (χ0n) is 10.6. The summed E-state index contributed by atoms with van der Waals surface area (Å²) in [4.78, 5) is 19.6. The van der Waals surface area contributed by atoms with Crippen LogP contribution >= 0.6 is 11.8 Å². The number of carboxylic acid groups (broad SMARTS) is 1. The van der Waals surface area contributed by atoms with Crippen LogP contribution in [0.4, 0.5) is 11.6 Å². The summed E-state index contributed by atoms with van der Waals surface area (Å²) in [6.07, 6.45) is 4.67. The largest absolute Gasteiger partial charge is 0.481 e. The Balaban J connectivity index is 2.15. The Morgan fingerprint density at radius 2 is 1.84 bits per heavy atom. The molecule has 2 atom stereocenters. The van der Waals surface area contributed by atoms with Gasteiger partial charge in [-0.2, -0.15) is 0 Å². The first-order valence-corrected chi connectivity index (χ1v) is 7.23. The quantitative estimate of drug-likeness (QED) is 0.571. The number of anilines is 2. The molecule has 0 amide bonds. The summed E-state index contributed by atoms with van der Waals surface area (Å²) in [5.41, 5.74) is 11.3. The lowest BCUT2D eigenvalue weighted by Gasteiger charge is -2.20. The van der Waals surface area contributed by atoms with Crippen molar-refractivity contribution in [2.45, 2.75) is 42.5 Å². The van der Waals surface area contributed by atoms with Crippen molar-refractivity contribution in [3.05, 3.63) is 6.07 Å². The minimum absolute atomic E-state index is 0.0128. The molecule has 1 aliphatic rings. The van der Waals surface area contributed by atoms with E-state index in [4.69, 9.17) is 11.5 Å². The average molecular weight is 282 g/mol. The zero-order valence-corrected chi connectivity index (χ0v) is 11.4. The van der Waals surface area contributed by atoms with E-state index in [2.05, 4.69) is 9.97 Å². The lowest BCUT2D eigenvalue weighted by atomic mass is 10.0. The normalized spacial score (nSPS) is 23.8. The van der Waals surface area contributed by atoms with Gasteiger partial charge in [0.2, 0.25) is 0 Å². The Bertz CT molecular complexity index is 449. The molecule has 1 fully saturated rings. The third kappa shape index (κ3) is 3.73. The summed E-state index contributed by atoms with van der Waals surface area (Å²) in [5.74, 6) is -0.457. The number of aromatic nitrogens is 2. The first-order valence-electron chi connectivity index (χ1n) is 6.36. The highest BCUT2D eigenvalue weighted by molar-refractivity contribution is 7.99. The van der Waals surface area contributed by atoms with Crippen molar-refractivity contribution in [1.82, 2.24) is 9.97 Å². The highest BCUT2D eigenvalue weighted by atomic mass is 32.2. The maximum atomic E-state index is 11.3. The van der Waals surface area contributed by atoms with E-state index in [1.807, 2.05) is 0 Å². The van der Waals surface area contributed by atoms with Crippen LogP contribution in [0, 0.1) is 5.92 Å². The first kappa shape index (κ1) is 13.9. The van der Waals surface area contributed by atoms with E-state index in [1.54, 1.807) is 0 Å². The van der Waals surface area contributed by atoms with Gasteiger partial charge in [-0.3, -0.25) is 4.79 Å². The molecule has 1 saturated carbocycles. The minimum atomic E-state index is -0.740. The molecule has 0 spiro atoms. The van der Waals surface area contributed by atoms with Gasteiger partial charge in [-0.15, -0.1) is 0 Å². The van der Waals surface area contributed by atoms with Crippen LogP contribution in [0.3, 0.4) is 0 Å². The molecule has 0 radical (unpaired) electrons. The second kappa shape index (κ2) is 6.10. The average Bonchev–Trinajstić information content (AvgIpc) is 2.53. The Hall–Kier alpha value is -1.50. The highest BCUT2D eigenvalue weighted by Gasteiger charge is 2.31. The van der Waals surface area contributed by atoms with Crippen LogP contribution in [0.2, 0.25) is 0 Å². The van der Waals surface area contributed by atoms with Gasteiger partial charge in [0.1, 0.15) is 11.6 Å². The van der Waals surface area contributed by atoms with E-state index in [0.29, 0.717) is 23.2 Å². The molecule has 5 N–H and O–H groups in total. The third-order valence-corrected chi connectivity index (χ3v) is 4.53. The van der Waals surface area contributed by atoms with E-state index in [-0.39, 0.29) is 11.2 Å². The predicted molar refractivity (Wildman–Crippen MR) is 74.7 cm³/mol. The number of hydrogen-bond donors (Lipinski definition) is 3. The van der Waals surface area contributed by atoms with Crippen LogP contribution < -0.4 is 11.5 Å². The Labute approximate surface area is 116 Å². The van der Waals surface area contributed by atoms with Crippen molar-refractivity contribution in [3.63, 3.8) is 0 Å². The van der Waals surface area contributed by atoms with Gasteiger partial charge in [0, 0.05) is 11.3 Å². The molecule has 6 nitrogen and oxygen atoms in total. The lowest BCUT2D eigenvalue weighted by molar-refractivity contribution is -0.141. The van der Waals surface area contributed by atoms with Crippen molar-refractivity contribution in [3.8, 4) is 0 Å². The van der Waals surface area contributed by atoms with E-state index in [0.717, 1.165) is 25.7 Å². The van der Waals surface area contributed by atoms with Crippen molar-refractivity contribution in [1.29, 1.82) is 0 Å². The first-order chi connectivity index (χ1) is 9.06. The summed E-state index contributed by atoms with van der Waals surface area (Å²) >= 11 is 1.38. The number of hydrogen-bond acceptors (Lipinski definition) is 6. The van der Waals surface area contributed by atoms with Gasteiger partial charge in [0.25, 0.3) is 0 Å². The number of thioether (sulfide) groups is 1. The number of rotatable bonds is 3. The summed E-state index contributed by atoms with van der Waals surface area (Å²) in [7, 11) is 0. The van der Waals surface area contributed by atoms with E-state index in [1.165, 1.54) is 17.8 Å². The molecule has 0 saturated heterocycles. The fourth-order valence-corrected chi connectivity index (χ4v) is 3.64. The zero-order chi connectivity index (χ0) is 13.8. The van der Waals surface area contributed by atoms with Crippen LogP contribution in [-0.2, 0) is 4.79 Å². The Morgan fingerprint density at radius 1 is 1.21 bits per heavy atom. The number of carbonyl (C=O) groups is 1. The molecule has 1 aromatic rings. The molecule has 0 aliphatic heterocycles. The second-order valence-corrected chi connectivity index (χ2v) is 5.95. The van der Waals surface area contributed by atoms with E-state index >= 15 is 0 Å². The van der Waals surface area contributed by atoms with Crippen LogP contribution in [0.1, 0.15) is 32.1 Å². The Morgan fingerprint density at radius 3 is 2.47 bits per heavy atom. The summed E-state index contributed by atoms with van der Waals surface area (Å²) in [5, 5.41) is 9.77. The van der Waals surface area contributed by atoms with Gasteiger partial charge < -0.3 is 16.6 Å². The lowest BCUT2D eigenvalue weighted by Crippen LogP contribution is -2.25. The molecule has 2 rings (SSSR count). The Kier molecular flexibility index (Phi) is 4.47. The number of nitrogen functional groups attached to an aromatic ring is 2. The number of nitrogens with two attached hydrogens (primary N) is 2. The van der Waals surface area contributed by atoms with Crippen LogP contribution in [-0.4, -0.2) is 26.3 Å². The smallest absolute Gasteiger partial charge is 0.307 e. The summed E-state index contributed by atoms with van der Waals surface area (Å²) in [6.45, 7) is 0. The summed E-state index contributed by atoms with van der Waals surface area (Å²) in [6, 6.07) is 1.49. The van der Waals surface area contributed by atoms with Gasteiger partial charge in [-0.05, 0) is 12.8 Å². The standard InChI is InChI=1S/C12H18N4O2S/c13-9-6-10(14)16-12(15-9)19-8-5-3-1-2-4-7(8)11(17)18/h6-8H,1-5H2,(H,17,18)(H4,13,14,15,16). The maximum Gasteiger partial charge on any atom is 0.307 e. The third-order valence-electron chi connectivity index (χ3n) is 3.27. The molecule has 2 unspecified atom stereocenters. The molecule has 7 heteroatoms. The number of carboxylic acids is 1. The fraction of sp³-hybridized carbons (Fsp3) is 0.583. The second-order valence-electron chi connectivity index (χ2n) is 4.74. The molecule has 0 bridgehead atoms. The molecule has 1 aliphatic carbocycles. The summed E-state index contributed by atoms with van der Waals surface area (Å²) < 4.78 is 0.